The van der Waals surface area contributed by atoms with Gasteiger partial charge in [-0.1, -0.05) is 37.3 Å². The summed E-state index contributed by atoms with van der Waals surface area (Å²) in [4.78, 5) is 22.0. The summed E-state index contributed by atoms with van der Waals surface area (Å²) in [5.41, 5.74) is 3.10. The number of H-pyrrole nitrogens is 1. The van der Waals surface area contributed by atoms with Crippen molar-refractivity contribution < 1.29 is 4.79 Å². The van der Waals surface area contributed by atoms with Crippen LogP contribution in [0, 0.1) is 0 Å². The molecule has 0 fully saturated rings. The lowest BCUT2D eigenvalue weighted by atomic mass is 10.0. The second-order valence-electron chi connectivity index (χ2n) is 6.15. The maximum Gasteiger partial charge on any atom is 0.227 e. The van der Waals surface area contributed by atoms with Gasteiger partial charge < -0.3 is 9.88 Å². The van der Waals surface area contributed by atoms with E-state index in [9.17, 15) is 4.79 Å². The summed E-state index contributed by atoms with van der Waals surface area (Å²) in [6.07, 6.45) is 5.86. The molecular formula is C20H23N3O. The van der Waals surface area contributed by atoms with Gasteiger partial charge in [-0.3, -0.25) is 4.79 Å². The number of nitrogens with zero attached hydrogens (tertiary/aromatic N) is 2. The van der Waals surface area contributed by atoms with Crippen molar-refractivity contribution in [3.05, 3.63) is 66.0 Å². The highest BCUT2D eigenvalue weighted by molar-refractivity contribution is 5.87. The average Bonchev–Trinajstić information content (AvgIpc) is 3.03. The number of carbonyl (C=O) groups is 1. The quantitative estimate of drug-likeness (QED) is 0.754. The molecular weight excluding hydrogens is 298 g/mol. The van der Waals surface area contributed by atoms with Crippen LogP contribution in [0.15, 0.2) is 54.9 Å². The number of amides is 1. The number of aromatic amines is 1. The maximum atomic E-state index is 12.7. The monoisotopic (exact) mass is 321 g/mol. The van der Waals surface area contributed by atoms with E-state index >= 15 is 0 Å². The number of aromatic nitrogens is 2. The fourth-order valence-electron chi connectivity index (χ4n) is 3.09. The molecule has 0 aliphatic heterocycles. The summed E-state index contributed by atoms with van der Waals surface area (Å²) in [6.45, 7) is 2.13. The van der Waals surface area contributed by atoms with Crippen LogP contribution in [-0.2, 0) is 17.6 Å². The van der Waals surface area contributed by atoms with Gasteiger partial charge >= 0.3 is 0 Å². The fraction of sp³-hybridized carbons (Fsp3) is 0.300. The molecule has 0 spiro atoms. The van der Waals surface area contributed by atoms with E-state index in [0.717, 1.165) is 29.4 Å². The highest BCUT2D eigenvalue weighted by Crippen LogP contribution is 2.18. The van der Waals surface area contributed by atoms with Crippen molar-refractivity contribution >= 4 is 16.9 Å². The first-order valence-electron chi connectivity index (χ1n) is 8.39. The standard InChI is InChI=1S/C20H23N3O/c1-3-17(12-15-8-5-4-6-9-15)23(2)19(24)13-16-14-22-20-18(16)10-7-11-21-20/h4-11,14,17H,3,12-13H2,1-2H3,(H,21,22)/t17-/m1/s1. The largest absolute Gasteiger partial charge is 0.346 e. The number of hydrogen-bond acceptors (Lipinski definition) is 2. The van der Waals surface area contributed by atoms with Crippen LogP contribution in [-0.4, -0.2) is 33.9 Å². The zero-order chi connectivity index (χ0) is 16.9. The molecule has 0 unspecified atom stereocenters. The minimum atomic E-state index is 0.141. The Kier molecular flexibility index (Phi) is 4.94. The number of nitrogens with one attached hydrogen (secondary N) is 1. The van der Waals surface area contributed by atoms with Crippen LogP contribution in [0.25, 0.3) is 11.0 Å². The Morgan fingerprint density at radius 1 is 1.21 bits per heavy atom. The molecule has 1 N–H and O–H groups in total. The Morgan fingerprint density at radius 3 is 2.75 bits per heavy atom. The second kappa shape index (κ2) is 7.30. The van der Waals surface area contributed by atoms with Crippen LogP contribution >= 0.6 is 0 Å². The van der Waals surface area contributed by atoms with Gasteiger partial charge in [0.1, 0.15) is 5.65 Å². The molecule has 0 aliphatic rings. The van der Waals surface area contributed by atoms with Gasteiger partial charge in [0, 0.05) is 30.9 Å². The predicted molar refractivity (Wildman–Crippen MR) is 96.8 cm³/mol. The summed E-state index contributed by atoms with van der Waals surface area (Å²) in [5.74, 6) is 0.141. The molecule has 4 heteroatoms. The van der Waals surface area contributed by atoms with Crippen LogP contribution in [0.1, 0.15) is 24.5 Å². The van der Waals surface area contributed by atoms with Crippen molar-refractivity contribution in [3.63, 3.8) is 0 Å². The molecule has 1 aromatic carbocycles. The van der Waals surface area contributed by atoms with Gasteiger partial charge in [0.25, 0.3) is 0 Å². The molecule has 0 bridgehead atoms. The molecule has 1 amide bonds. The fourth-order valence-corrected chi connectivity index (χ4v) is 3.09. The second-order valence-corrected chi connectivity index (χ2v) is 6.15. The summed E-state index contributed by atoms with van der Waals surface area (Å²) >= 11 is 0. The van der Waals surface area contributed by atoms with E-state index in [2.05, 4.69) is 29.0 Å². The predicted octanol–water partition coefficient (Wildman–Crippen LogP) is 3.59. The number of likely N-dealkylation sites (N-methyl/N-ethyl adjacent to an activating group) is 1. The lowest BCUT2D eigenvalue weighted by Crippen LogP contribution is -2.39. The molecule has 4 nitrogen and oxygen atoms in total. The van der Waals surface area contributed by atoms with Crippen molar-refractivity contribution in [1.29, 1.82) is 0 Å². The number of pyridine rings is 1. The lowest BCUT2D eigenvalue weighted by molar-refractivity contribution is -0.131. The lowest BCUT2D eigenvalue weighted by Gasteiger charge is -2.27. The highest BCUT2D eigenvalue weighted by Gasteiger charge is 2.20. The Morgan fingerprint density at radius 2 is 2.00 bits per heavy atom. The number of fused-ring (bicyclic) bond motifs is 1. The third-order valence-electron chi connectivity index (χ3n) is 4.60. The molecule has 0 aliphatic carbocycles. The van der Waals surface area contributed by atoms with Gasteiger partial charge in [-0.25, -0.2) is 4.98 Å². The SMILES string of the molecule is CC[C@H](Cc1ccccc1)N(C)C(=O)Cc1c[nH]c2ncccc12. The Labute approximate surface area is 142 Å². The third kappa shape index (κ3) is 3.48. The minimum Gasteiger partial charge on any atom is -0.346 e. The molecule has 24 heavy (non-hydrogen) atoms. The van der Waals surface area contributed by atoms with Crippen LogP contribution in [0.4, 0.5) is 0 Å². The highest BCUT2D eigenvalue weighted by atomic mass is 16.2. The molecule has 124 valence electrons. The van der Waals surface area contributed by atoms with E-state index in [4.69, 9.17) is 0 Å². The molecule has 2 heterocycles. The van der Waals surface area contributed by atoms with Gasteiger partial charge in [-0.15, -0.1) is 0 Å². The van der Waals surface area contributed by atoms with Gasteiger partial charge in [0.05, 0.1) is 6.42 Å². The van der Waals surface area contributed by atoms with E-state index in [1.807, 2.05) is 48.5 Å². The Hall–Kier alpha value is -2.62. The average molecular weight is 321 g/mol. The van der Waals surface area contributed by atoms with Crippen LogP contribution in [0.3, 0.4) is 0 Å². The third-order valence-corrected chi connectivity index (χ3v) is 4.60. The van der Waals surface area contributed by atoms with E-state index < -0.39 is 0 Å². The summed E-state index contributed by atoms with van der Waals surface area (Å²) in [6, 6.07) is 14.5. The smallest absolute Gasteiger partial charge is 0.227 e. The normalized spacial score (nSPS) is 12.2. The van der Waals surface area contributed by atoms with Crippen molar-refractivity contribution in [2.45, 2.75) is 32.2 Å². The van der Waals surface area contributed by atoms with Crippen LogP contribution in [0.5, 0.6) is 0 Å². The minimum absolute atomic E-state index is 0.141. The van der Waals surface area contributed by atoms with Crippen LogP contribution in [0.2, 0.25) is 0 Å². The molecule has 1 atom stereocenters. The molecule has 0 radical (unpaired) electrons. The van der Waals surface area contributed by atoms with Crippen molar-refractivity contribution in [3.8, 4) is 0 Å². The van der Waals surface area contributed by atoms with E-state index in [1.165, 1.54) is 5.56 Å². The Balaban J connectivity index is 1.71. The number of carbonyl (C=O) groups excluding carboxylic acids is 1. The van der Waals surface area contributed by atoms with Gasteiger partial charge in [0.2, 0.25) is 5.91 Å². The molecule has 3 aromatic rings. The molecule has 0 saturated carbocycles. The zero-order valence-corrected chi connectivity index (χ0v) is 14.2. The van der Waals surface area contributed by atoms with Gasteiger partial charge in [-0.05, 0) is 36.1 Å². The van der Waals surface area contributed by atoms with Crippen molar-refractivity contribution in [1.82, 2.24) is 14.9 Å². The maximum absolute atomic E-state index is 12.7. The first-order chi connectivity index (χ1) is 11.7. The summed E-state index contributed by atoms with van der Waals surface area (Å²) < 4.78 is 0. The molecule has 2 aromatic heterocycles. The number of hydrogen-bond donors (Lipinski definition) is 1. The van der Waals surface area contributed by atoms with Gasteiger partial charge in [-0.2, -0.15) is 0 Å². The van der Waals surface area contributed by atoms with E-state index in [1.54, 1.807) is 6.20 Å². The number of rotatable bonds is 6. The van der Waals surface area contributed by atoms with Gasteiger partial charge in [0.15, 0.2) is 0 Å². The summed E-state index contributed by atoms with van der Waals surface area (Å²) in [5, 5.41) is 1.02. The first kappa shape index (κ1) is 16.2. The van der Waals surface area contributed by atoms with E-state index in [0.29, 0.717) is 6.42 Å². The van der Waals surface area contributed by atoms with Crippen LogP contribution < -0.4 is 0 Å². The molecule has 3 rings (SSSR count). The van der Waals surface area contributed by atoms with Crippen molar-refractivity contribution in [2.24, 2.45) is 0 Å². The summed E-state index contributed by atoms with van der Waals surface area (Å²) in [7, 11) is 1.91. The Bertz CT molecular complexity index is 810. The topological polar surface area (TPSA) is 49.0 Å². The van der Waals surface area contributed by atoms with E-state index in [-0.39, 0.29) is 11.9 Å². The molecule has 0 saturated heterocycles. The van der Waals surface area contributed by atoms with Crippen molar-refractivity contribution in [2.75, 3.05) is 7.05 Å². The first-order valence-corrected chi connectivity index (χ1v) is 8.39. The zero-order valence-electron chi connectivity index (χ0n) is 14.2. The number of benzene rings is 1.